The van der Waals surface area contributed by atoms with Gasteiger partial charge < -0.3 is 14.9 Å². The van der Waals surface area contributed by atoms with Crippen LogP contribution < -0.4 is 9.80 Å². The van der Waals surface area contributed by atoms with Gasteiger partial charge in [0.05, 0.1) is 11.6 Å². The summed E-state index contributed by atoms with van der Waals surface area (Å²) in [4.78, 5) is 19.9. The molecule has 0 saturated carbocycles. The topological polar surface area (TPSA) is 98.3 Å². The first-order valence-corrected chi connectivity index (χ1v) is 13.2. The van der Waals surface area contributed by atoms with E-state index in [2.05, 4.69) is 45.0 Å². The molecule has 1 heterocycles. The smallest absolute Gasteiger partial charge is 0.303 e. The van der Waals surface area contributed by atoms with Crippen molar-refractivity contribution in [3.05, 3.63) is 70.0 Å². The van der Waals surface area contributed by atoms with Crippen molar-refractivity contribution in [2.45, 2.75) is 65.2 Å². The number of aryl methyl sites for hydroxylation is 3. The number of alkyl halides is 1. The fourth-order valence-electron chi connectivity index (χ4n) is 5.20. The molecule has 1 aromatic heterocycles. The van der Waals surface area contributed by atoms with Gasteiger partial charge in [0, 0.05) is 45.3 Å². The molecule has 0 bridgehead atoms. The monoisotopic (exact) mass is 518 g/mol. The molecule has 1 N–H and O–H groups in total. The van der Waals surface area contributed by atoms with E-state index in [0.29, 0.717) is 36.6 Å². The number of anilines is 2. The van der Waals surface area contributed by atoms with E-state index in [-0.39, 0.29) is 6.42 Å². The predicted molar refractivity (Wildman–Crippen MR) is 145 cm³/mol. The van der Waals surface area contributed by atoms with Gasteiger partial charge >= 0.3 is 5.97 Å². The number of hydrogen-bond donors (Lipinski definition) is 1. The Morgan fingerprint density at radius 3 is 2.53 bits per heavy atom. The van der Waals surface area contributed by atoms with Crippen LogP contribution in [0.15, 0.2) is 36.7 Å². The molecule has 3 aromatic rings. The maximum atomic E-state index is 13.5. The maximum absolute atomic E-state index is 13.5. The normalized spacial score (nSPS) is 12.3. The number of rotatable bonds is 13. The lowest BCUT2D eigenvalue weighted by molar-refractivity contribution is -0.137. The molecular formula is C29H35FN6O2. The second-order valence-electron chi connectivity index (χ2n) is 9.89. The van der Waals surface area contributed by atoms with Crippen molar-refractivity contribution in [2.75, 3.05) is 22.9 Å². The first-order chi connectivity index (χ1) is 18.4. The van der Waals surface area contributed by atoms with E-state index in [1.807, 2.05) is 7.05 Å². The number of nitriles is 1. The van der Waals surface area contributed by atoms with Gasteiger partial charge in [-0.3, -0.25) is 9.48 Å². The quantitative estimate of drug-likeness (QED) is 0.320. The summed E-state index contributed by atoms with van der Waals surface area (Å²) in [5, 5.41) is 23.0. The van der Waals surface area contributed by atoms with Crippen molar-refractivity contribution in [1.82, 2.24) is 14.8 Å². The van der Waals surface area contributed by atoms with Crippen molar-refractivity contribution in [3.63, 3.8) is 0 Å². The molecule has 0 aliphatic heterocycles. The minimum Gasteiger partial charge on any atom is -0.481 e. The van der Waals surface area contributed by atoms with Crippen LogP contribution in [0, 0.1) is 11.3 Å². The number of benzene rings is 2. The van der Waals surface area contributed by atoms with E-state index < -0.39 is 12.6 Å². The summed E-state index contributed by atoms with van der Waals surface area (Å²) in [6, 6.07) is 11.9. The lowest BCUT2D eigenvalue weighted by atomic mass is 10.0. The molecule has 2 aromatic carbocycles. The van der Waals surface area contributed by atoms with Gasteiger partial charge in [0.25, 0.3) is 0 Å². The zero-order chi connectivity index (χ0) is 27.1. The number of aliphatic carboxylic acids is 1. The van der Waals surface area contributed by atoms with Crippen molar-refractivity contribution >= 4 is 17.6 Å². The Hall–Kier alpha value is -3.93. The van der Waals surface area contributed by atoms with E-state index in [1.54, 1.807) is 29.2 Å². The van der Waals surface area contributed by atoms with Crippen LogP contribution in [0.1, 0.15) is 66.0 Å². The third kappa shape index (κ3) is 6.68. The van der Waals surface area contributed by atoms with E-state index in [0.717, 1.165) is 55.6 Å². The Labute approximate surface area is 223 Å². The zero-order valence-corrected chi connectivity index (χ0v) is 22.2. The van der Waals surface area contributed by atoms with Crippen LogP contribution in [-0.2, 0) is 44.4 Å². The second kappa shape index (κ2) is 12.5. The molecule has 1 aliphatic carbocycles. The van der Waals surface area contributed by atoms with E-state index in [4.69, 9.17) is 5.11 Å². The molecule has 4 rings (SSSR count). The number of halogens is 1. The number of fused-ring (bicyclic) bond motifs is 1. The second-order valence-corrected chi connectivity index (χ2v) is 9.89. The number of nitrogens with zero attached hydrogens (tertiary/aromatic N) is 6. The van der Waals surface area contributed by atoms with Gasteiger partial charge in [-0.1, -0.05) is 12.1 Å². The van der Waals surface area contributed by atoms with Crippen molar-refractivity contribution in [1.29, 1.82) is 5.26 Å². The molecule has 0 unspecified atom stereocenters. The molecule has 0 atom stereocenters. The highest BCUT2D eigenvalue weighted by atomic mass is 19.1. The maximum Gasteiger partial charge on any atom is 0.303 e. The van der Waals surface area contributed by atoms with Gasteiger partial charge in [-0.25, -0.2) is 9.37 Å². The Morgan fingerprint density at radius 2 is 1.87 bits per heavy atom. The Kier molecular flexibility index (Phi) is 8.95. The van der Waals surface area contributed by atoms with E-state index in [1.165, 1.54) is 11.1 Å². The van der Waals surface area contributed by atoms with Gasteiger partial charge in [-0.2, -0.15) is 5.26 Å². The first-order valence-electron chi connectivity index (χ1n) is 13.2. The summed E-state index contributed by atoms with van der Waals surface area (Å²) < 4.78 is 15.2. The van der Waals surface area contributed by atoms with E-state index in [9.17, 15) is 14.4 Å². The van der Waals surface area contributed by atoms with Crippen LogP contribution >= 0.6 is 0 Å². The summed E-state index contributed by atoms with van der Waals surface area (Å²) >= 11 is 0. The molecule has 9 heteroatoms. The summed E-state index contributed by atoms with van der Waals surface area (Å²) in [7, 11) is 1.82. The van der Waals surface area contributed by atoms with Crippen molar-refractivity contribution in [3.8, 4) is 6.07 Å². The zero-order valence-electron chi connectivity index (χ0n) is 22.2. The number of carboxylic acid groups (broad SMARTS) is 1. The van der Waals surface area contributed by atoms with Crippen LogP contribution in [0.25, 0.3) is 0 Å². The molecule has 0 saturated heterocycles. The largest absolute Gasteiger partial charge is 0.481 e. The van der Waals surface area contributed by atoms with Crippen LogP contribution in [0.2, 0.25) is 0 Å². The van der Waals surface area contributed by atoms with Crippen LogP contribution in [-0.4, -0.2) is 38.9 Å². The summed E-state index contributed by atoms with van der Waals surface area (Å²) in [6.07, 6.45) is 6.54. The number of hydrogen-bond acceptors (Lipinski definition) is 6. The predicted octanol–water partition coefficient (Wildman–Crippen LogP) is 4.93. The third-order valence-electron chi connectivity index (χ3n) is 7.03. The SMILES string of the molecule is CCN(CCCCC(=O)O)c1cc2c(cc1CN(Cc1cc(C#N)cc(CF)c1)c1ncn(C)n1)CCC2. The molecule has 0 amide bonds. The number of carboxylic acids is 1. The average molecular weight is 519 g/mol. The van der Waals surface area contributed by atoms with Gasteiger partial charge in [0.1, 0.15) is 13.0 Å². The Balaban J connectivity index is 1.67. The highest BCUT2D eigenvalue weighted by Gasteiger charge is 2.21. The highest BCUT2D eigenvalue weighted by Crippen LogP contribution is 2.33. The van der Waals surface area contributed by atoms with Gasteiger partial charge in [0.2, 0.25) is 5.95 Å². The van der Waals surface area contributed by atoms with Crippen LogP contribution in [0.5, 0.6) is 0 Å². The van der Waals surface area contributed by atoms with Gasteiger partial charge in [-0.05, 0) is 85.0 Å². The van der Waals surface area contributed by atoms with Crippen LogP contribution in [0.4, 0.5) is 16.0 Å². The summed E-state index contributed by atoms with van der Waals surface area (Å²) in [6.45, 7) is 4.05. The molecule has 1 aliphatic rings. The summed E-state index contributed by atoms with van der Waals surface area (Å²) in [5.74, 6) is -0.200. The van der Waals surface area contributed by atoms with Crippen molar-refractivity contribution in [2.24, 2.45) is 7.05 Å². The standard InChI is InChI=1S/C29H35FN6O2/c1-3-35(10-5-4-9-28(37)38)27-15-25-8-6-7-24(25)14-26(27)19-36(29-32-20-34(2)33-29)18-23-12-21(16-30)11-22(13-23)17-31/h11-15,20H,3-10,16,18-19H2,1-2H3,(H,37,38). The average Bonchev–Trinajstić information content (AvgIpc) is 3.56. The highest BCUT2D eigenvalue weighted by molar-refractivity contribution is 5.66. The molecular weight excluding hydrogens is 483 g/mol. The number of unbranched alkanes of at least 4 members (excludes halogenated alkanes) is 1. The fourth-order valence-corrected chi connectivity index (χ4v) is 5.20. The van der Waals surface area contributed by atoms with E-state index >= 15 is 0 Å². The third-order valence-corrected chi connectivity index (χ3v) is 7.03. The minimum atomic E-state index is -0.763. The molecule has 200 valence electrons. The molecule has 0 fully saturated rings. The molecule has 0 radical (unpaired) electrons. The lowest BCUT2D eigenvalue weighted by Gasteiger charge is -2.29. The molecule has 8 nitrogen and oxygen atoms in total. The van der Waals surface area contributed by atoms with Gasteiger partial charge in [0.15, 0.2) is 0 Å². The number of aromatic nitrogens is 3. The minimum absolute atomic E-state index is 0.177. The summed E-state index contributed by atoms with van der Waals surface area (Å²) in [5.41, 5.74) is 6.79. The van der Waals surface area contributed by atoms with Crippen LogP contribution in [0.3, 0.4) is 0 Å². The van der Waals surface area contributed by atoms with Gasteiger partial charge in [-0.15, -0.1) is 5.10 Å². The number of carbonyl (C=O) groups is 1. The molecule has 0 spiro atoms. The Bertz CT molecular complexity index is 1310. The Morgan fingerprint density at radius 1 is 1.11 bits per heavy atom. The molecule has 38 heavy (non-hydrogen) atoms. The first kappa shape index (κ1) is 27.1. The lowest BCUT2D eigenvalue weighted by Crippen LogP contribution is -2.29. The fraction of sp³-hybridized carbons (Fsp3) is 0.448. The van der Waals surface area contributed by atoms with Crippen molar-refractivity contribution < 1.29 is 14.3 Å².